The first-order valence-corrected chi connectivity index (χ1v) is 6.35. The van der Waals surface area contributed by atoms with E-state index in [1.54, 1.807) is 0 Å². The van der Waals surface area contributed by atoms with Gasteiger partial charge in [-0.3, -0.25) is 4.79 Å². The number of ether oxygens (including phenoxy) is 1. The monoisotopic (exact) mass is 242 g/mol. The molecule has 0 saturated carbocycles. The van der Waals surface area contributed by atoms with Crippen LogP contribution in [0.4, 0.5) is 0 Å². The van der Waals surface area contributed by atoms with Gasteiger partial charge in [0.05, 0.1) is 17.7 Å². The van der Waals surface area contributed by atoms with Gasteiger partial charge in [-0.15, -0.1) is 0 Å². The molecule has 1 amide bonds. The minimum atomic E-state index is -0.221. The van der Waals surface area contributed by atoms with Crippen molar-refractivity contribution in [3.8, 4) is 0 Å². The van der Waals surface area contributed by atoms with Crippen LogP contribution in [0.25, 0.3) is 0 Å². The van der Waals surface area contributed by atoms with Crippen LogP contribution in [0.15, 0.2) is 0 Å². The van der Waals surface area contributed by atoms with Crippen LogP contribution in [0.1, 0.15) is 48.0 Å². The second-order valence-corrected chi connectivity index (χ2v) is 6.33. The average molecular weight is 242 g/mol. The summed E-state index contributed by atoms with van der Waals surface area (Å²) in [4.78, 5) is 11.6. The SMILES string of the molecule is CC(C)NC(=O)CNC1CC(C)(C)OC1(C)C. The summed E-state index contributed by atoms with van der Waals surface area (Å²) >= 11 is 0. The Morgan fingerprint density at radius 2 is 1.94 bits per heavy atom. The summed E-state index contributed by atoms with van der Waals surface area (Å²) in [5, 5.41) is 6.17. The molecule has 1 heterocycles. The lowest BCUT2D eigenvalue weighted by atomic mass is 9.94. The summed E-state index contributed by atoms with van der Waals surface area (Å²) in [7, 11) is 0. The third kappa shape index (κ3) is 4.28. The number of hydrogen-bond donors (Lipinski definition) is 2. The molecule has 0 aromatic rings. The lowest BCUT2D eigenvalue weighted by molar-refractivity contribution is -0.121. The fraction of sp³-hybridized carbons (Fsp3) is 0.923. The predicted molar refractivity (Wildman–Crippen MR) is 68.9 cm³/mol. The van der Waals surface area contributed by atoms with Crippen molar-refractivity contribution in [2.45, 2.75) is 71.2 Å². The molecule has 1 saturated heterocycles. The quantitative estimate of drug-likeness (QED) is 0.784. The normalized spacial score (nSPS) is 26.2. The maximum Gasteiger partial charge on any atom is 0.234 e. The van der Waals surface area contributed by atoms with E-state index in [9.17, 15) is 4.79 Å². The van der Waals surface area contributed by atoms with Gasteiger partial charge in [0.2, 0.25) is 5.91 Å². The van der Waals surface area contributed by atoms with Crippen LogP contribution in [0.5, 0.6) is 0 Å². The van der Waals surface area contributed by atoms with Crippen molar-refractivity contribution in [1.82, 2.24) is 10.6 Å². The molecule has 0 aromatic heterocycles. The van der Waals surface area contributed by atoms with E-state index >= 15 is 0 Å². The molecule has 1 aliphatic heterocycles. The molecule has 17 heavy (non-hydrogen) atoms. The molecular weight excluding hydrogens is 216 g/mol. The minimum Gasteiger partial charge on any atom is -0.368 e. The standard InChI is InChI=1S/C13H26N2O2/c1-9(2)15-11(16)8-14-10-7-12(3,4)17-13(10,5)6/h9-10,14H,7-8H2,1-6H3,(H,15,16). The van der Waals surface area contributed by atoms with Gasteiger partial charge in [-0.25, -0.2) is 0 Å². The summed E-state index contributed by atoms with van der Waals surface area (Å²) in [6.07, 6.45) is 0.926. The van der Waals surface area contributed by atoms with E-state index < -0.39 is 0 Å². The summed E-state index contributed by atoms with van der Waals surface area (Å²) in [5.41, 5.74) is -0.336. The fourth-order valence-electron chi connectivity index (χ4n) is 2.47. The number of amides is 1. The minimum absolute atomic E-state index is 0.0421. The van der Waals surface area contributed by atoms with Gasteiger partial charge in [-0.05, 0) is 48.0 Å². The van der Waals surface area contributed by atoms with Crippen molar-refractivity contribution in [3.05, 3.63) is 0 Å². The molecule has 1 rings (SSSR count). The van der Waals surface area contributed by atoms with Gasteiger partial charge in [0.25, 0.3) is 0 Å². The highest BCUT2D eigenvalue weighted by molar-refractivity contribution is 5.78. The largest absolute Gasteiger partial charge is 0.368 e. The Morgan fingerprint density at radius 3 is 2.35 bits per heavy atom. The molecule has 0 radical (unpaired) electrons. The van der Waals surface area contributed by atoms with E-state index in [2.05, 4.69) is 38.3 Å². The molecule has 4 heteroatoms. The van der Waals surface area contributed by atoms with Gasteiger partial charge in [0.15, 0.2) is 0 Å². The van der Waals surface area contributed by atoms with Crippen LogP contribution in [-0.4, -0.2) is 35.7 Å². The summed E-state index contributed by atoms with van der Waals surface area (Å²) in [6, 6.07) is 0.406. The average Bonchev–Trinajstić information content (AvgIpc) is 2.29. The van der Waals surface area contributed by atoms with Crippen LogP contribution in [0, 0.1) is 0 Å². The zero-order chi connectivity index (χ0) is 13.3. The molecular formula is C13H26N2O2. The first-order chi connectivity index (χ1) is 7.62. The Bertz CT molecular complexity index is 285. The molecule has 100 valence electrons. The molecule has 1 atom stereocenters. The maximum absolute atomic E-state index is 11.6. The molecule has 0 aliphatic carbocycles. The van der Waals surface area contributed by atoms with Crippen molar-refractivity contribution >= 4 is 5.91 Å². The van der Waals surface area contributed by atoms with E-state index in [4.69, 9.17) is 4.74 Å². The topological polar surface area (TPSA) is 50.4 Å². The summed E-state index contributed by atoms with van der Waals surface area (Å²) in [5.74, 6) is 0.0421. The Labute approximate surface area is 104 Å². The van der Waals surface area contributed by atoms with Gasteiger partial charge in [-0.2, -0.15) is 0 Å². The van der Waals surface area contributed by atoms with Gasteiger partial charge < -0.3 is 15.4 Å². The smallest absolute Gasteiger partial charge is 0.234 e. The molecule has 0 spiro atoms. The van der Waals surface area contributed by atoms with Gasteiger partial charge >= 0.3 is 0 Å². The number of carbonyl (C=O) groups excluding carboxylic acids is 1. The summed E-state index contributed by atoms with van der Waals surface area (Å²) in [6.45, 7) is 12.6. The zero-order valence-corrected chi connectivity index (χ0v) is 11.9. The first-order valence-electron chi connectivity index (χ1n) is 6.35. The lowest BCUT2D eigenvalue weighted by Crippen LogP contribution is -2.48. The number of hydrogen-bond acceptors (Lipinski definition) is 3. The molecule has 2 N–H and O–H groups in total. The molecule has 1 aliphatic rings. The summed E-state index contributed by atoms with van der Waals surface area (Å²) < 4.78 is 5.97. The van der Waals surface area contributed by atoms with Crippen molar-refractivity contribution in [3.63, 3.8) is 0 Å². The molecule has 1 fully saturated rings. The second-order valence-electron chi connectivity index (χ2n) is 6.33. The highest BCUT2D eigenvalue weighted by Crippen LogP contribution is 2.36. The van der Waals surface area contributed by atoms with E-state index in [1.165, 1.54) is 0 Å². The fourth-order valence-corrected chi connectivity index (χ4v) is 2.47. The lowest BCUT2D eigenvalue weighted by Gasteiger charge is -2.27. The molecule has 4 nitrogen and oxygen atoms in total. The van der Waals surface area contributed by atoms with Crippen LogP contribution in [-0.2, 0) is 9.53 Å². The van der Waals surface area contributed by atoms with E-state index in [1.807, 2.05) is 13.8 Å². The van der Waals surface area contributed by atoms with Crippen LogP contribution in [0.2, 0.25) is 0 Å². The highest BCUT2D eigenvalue weighted by Gasteiger charge is 2.45. The van der Waals surface area contributed by atoms with Crippen LogP contribution >= 0.6 is 0 Å². The van der Waals surface area contributed by atoms with Gasteiger partial charge in [-0.1, -0.05) is 0 Å². The van der Waals surface area contributed by atoms with E-state index in [0.29, 0.717) is 6.54 Å². The van der Waals surface area contributed by atoms with Crippen LogP contribution < -0.4 is 10.6 Å². The Kier molecular flexibility index (Phi) is 4.20. The third-order valence-electron chi connectivity index (χ3n) is 3.03. The van der Waals surface area contributed by atoms with Crippen LogP contribution in [0.3, 0.4) is 0 Å². The van der Waals surface area contributed by atoms with E-state index in [-0.39, 0.29) is 29.2 Å². The van der Waals surface area contributed by atoms with Crippen molar-refractivity contribution in [2.75, 3.05) is 6.54 Å². The maximum atomic E-state index is 11.6. The predicted octanol–water partition coefficient (Wildman–Crippen LogP) is 1.45. The number of rotatable bonds is 4. The Balaban J connectivity index is 2.45. The Morgan fingerprint density at radius 1 is 1.35 bits per heavy atom. The van der Waals surface area contributed by atoms with E-state index in [0.717, 1.165) is 6.42 Å². The second kappa shape index (κ2) is 4.94. The third-order valence-corrected chi connectivity index (χ3v) is 3.03. The highest BCUT2D eigenvalue weighted by atomic mass is 16.5. The first kappa shape index (κ1) is 14.5. The van der Waals surface area contributed by atoms with Gasteiger partial charge in [0.1, 0.15) is 0 Å². The number of carbonyl (C=O) groups is 1. The van der Waals surface area contributed by atoms with Gasteiger partial charge in [0, 0.05) is 12.1 Å². The molecule has 0 aromatic carbocycles. The zero-order valence-electron chi connectivity index (χ0n) is 11.9. The van der Waals surface area contributed by atoms with Crippen molar-refractivity contribution in [1.29, 1.82) is 0 Å². The van der Waals surface area contributed by atoms with Crippen molar-refractivity contribution in [2.24, 2.45) is 0 Å². The molecule has 0 bridgehead atoms. The van der Waals surface area contributed by atoms with Crippen molar-refractivity contribution < 1.29 is 9.53 Å². The Hall–Kier alpha value is -0.610. The number of nitrogens with one attached hydrogen (secondary N) is 2. The molecule has 1 unspecified atom stereocenters.